The largest absolute Gasteiger partial charge is 0.496 e. The Balaban J connectivity index is 1.90. The van der Waals surface area contributed by atoms with Crippen LogP contribution in [0.15, 0.2) is 48.7 Å². The van der Waals surface area contributed by atoms with Crippen LogP contribution in [-0.2, 0) is 6.54 Å². The lowest BCUT2D eigenvalue weighted by molar-refractivity contribution is 0.0729. The van der Waals surface area contributed by atoms with Gasteiger partial charge < -0.3 is 9.47 Å². The molecule has 0 spiro atoms. The predicted molar refractivity (Wildman–Crippen MR) is 83.7 cm³/mol. The van der Waals surface area contributed by atoms with E-state index in [1.165, 1.54) is 10.7 Å². The highest BCUT2D eigenvalue weighted by molar-refractivity contribution is 5.97. The van der Waals surface area contributed by atoms with E-state index in [1.807, 2.05) is 24.3 Å². The summed E-state index contributed by atoms with van der Waals surface area (Å²) < 4.78 is 24.4. The summed E-state index contributed by atoms with van der Waals surface area (Å²) in [7, 11) is 1.59. The second kappa shape index (κ2) is 6.48. The van der Waals surface area contributed by atoms with E-state index in [-0.39, 0.29) is 12.2 Å². The van der Waals surface area contributed by atoms with Crippen molar-refractivity contribution in [3.05, 3.63) is 54.4 Å². The standard InChI is InChI=1S/C17H15FN2O3/c1-22-15-6-7-16(13-5-3-2-4-12(13)15)23-17(21)14-8-10-20(19-14)11-9-18/h2-8,10H,9,11H2,1H3. The molecule has 0 bridgehead atoms. The number of rotatable bonds is 5. The van der Waals surface area contributed by atoms with Gasteiger partial charge in [-0.2, -0.15) is 5.10 Å². The van der Waals surface area contributed by atoms with Crippen LogP contribution < -0.4 is 9.47 Å². The van der Waals surface area contributed by atoms with Crippen LogP contribution in [0.4, 0.5) is 4.39 Å². The molecular weight excluding hydrogens is 299 g/mol. The molecule has 0 unspecified atom stereocenters. The highest BCUT2D eigenvalue weighted by atomic mass is 19.1. The van der Waals surface area contributed by atoms with Crippen LogP contribution in [0.5, 0.6) is 11.5 Å². The summed E-state index contributed by atoms with van der Waals surface area (Å²) in [4.78, 5) is 12.2. The fourth-order valence-electron chi connectivity index (χ4n) is 2.34. The van der Waals surface area contributed by atoms with Crippen molar-refractivity contribution in [3.8, 4) is 11.5 Å². The first kappa shape index (κ1) is 15.0. The Kier molecular flexibility index (Phi) is 4.23. The molecule has 118 valence electrons. The van der Waals surface area contributed by atoms with E-state index in [0.717, 1.165) is 10.8 Å². The zero-order chi connectivity index (χ0) is 16.2. The summed E-state index contributed by atoms with van der Waals surface area (Å²) >= 11 is 0. The number of carbonyl (C=O) groups is 1. The maximum atomic E-state index is 12.3. The fourth-order valence-corrected chi connectivity index (χ4v) is 2.34. The highest BCUT2D eigenvalue weighted by Gasteiger charge is 2.15. The SMILES string of the molecule is COc1ccc(OC(=O)c2ccn(CCF)n2)c2ccccc12. The van der Waals surface area contributed by atoms with E-state index in [9.17, 15) is 9.18 Å². The van der Waals surface area contributed by atoms with Crippen LogP contribution in [0.2, 0.25) is 0 Å². The van der Waals surface area contributed by atoms with Gasteiger partial charge in [0.25, 0.3) is 0 Å². The van der Waals surface area contributed by atoms with Crippen LogP contribution >= 0.6 is 0 Å². The van der Waals surface area contributed by atoms with Crippen molar-refractivity contribution in [2.24, 2.45) is 0 Å². The molecule has 0 amide bonds. The van der Waals surface area contributed by atoms with Crippen LogP contribution in [0, 0.1) is 0 Å². The Morgan fingerprint density at radius 1 is 1.13 bits per heavy atom. The number of hydrogen-bond donors (Lipinski definition) is 0. The van der Waals surface area contributed by atoms with Gasteiger partial charge in [-0.15, -0.1) is 0 Å². The first-order chi connectivity index (χ1) is 11.2. The Labute approximate surface area is 132 Å². The molecule has 0 N–H and O–H groups in total. The smallest absolute Gasteiger partial charge is 0.364 e. The number of halogens is 1. The summed E-state index contributed by atoms with van der Waals surface area (Å²) in [5.41, 5.74) is 0.137. The number of methoxy groups -OCH3 is 1. The van der Waals surface area contributed by atoms with Gasteiger partial charge in [-0.05, 0) is 18.2 Å². The molecule has 5 nitrogen and oxygen atoms in total. The van der Waals surface area contributed by atoms with Crippen molar-refractivity contribution >= 4 is 16.7 Å². The summed E-state index contributed by atoms with van der Waals surface area (Å²) in [6, 6.07) is 12.4. The van der Waals surface area contributed by atoms with Gasteiger partial charge in [-0.3, -0.25) is 4.68 Å². The molecule has 3 aromatic rings. The highest BCUT2D eigenvalue weighted by Crippen LogP contribution is 2.33. The quantitative estimate of drug-likeness (QED) is 0.536. The molecule has 2 aromatic carbocycles. The topological polar surface area (TPSA) is 53.4 Å². The second-order valence-corrected chi connectivity index (χ2v) is 4.85. The van der Waals surface area contributed by atoms with Crippen molar-refractivity contribution in [2.75, 3.05) is 13.8 Å². The molecule has 0 aliphatic carbocycles. The Bertz CT molecular complexity index is 845. The molecule has 0 saturated heterocycles. The van der Waals surface area contributed by atoms with Gasteiger partial charge in [0.05, 0.1) is 13.7 Å². The van der Waals surface area contributed by atoms with E-state index in [2.05, 4.69) is 5.10 Å². The van der Waals surface area contributed by atoms with Crippen LogP contribution in [-0.4, -0.2) is 29.5 Å². The third-order valence-corrected chi connectivity index (χ3v) is 3.43. The number of fused-ring (bicyclic) bond motifs is 1. The van der Waals surface area contributed by atoms with Crippen molar-refractivity contribution in [3.63, 3.8) is 0 Å². The average Bonchev–Trinajstić information content (AvgIpc) is 3.04. The van der Waals surface area contributed by atoms with Crippen LogP contribution in [0.1, 0.15) is 10.5 Å². The van der Waals surface area contributed by atoms with Crippen LogP contribution in [0.3, 0.4) is 0 Å². The van der Waals surface area contributed by atoms with Gasteiger partial charge in [0.15, 0.2) is 5.69 Å². The lowest BCUT2D eigenvalue weighted by Gasteiger charge is -2.10. The minimum absolute atomic E-state index is 0.110. The van der Waals surface area contributed by atoms with Gasteiger partial charge in [0, 0.05) is 17.0 Å². The maximum absolute atomic E-state index is 12.3. The van der Waals surface area contributed by atoms with E-state index in [4.69, 9.17) is 9.47 Å². The van der Waals surface area contributed by atoms with Gasteiger partial charge in [-0.25, -0.2) is 9.18 Å². The van der Waals surface area contributed by atoms with Gasteiger partial charge >= 0.3 is 5.97 Å². The molecule has 0 atom stereocenters. The fraction of sp³-hybridized carbons (Fsp3) is 0.176. The molecular formula is C17H15FN2O3. The first-order valence-electron chi connectivity index (χ1n) is 7.10. The number of esters is 1. The zero-order valence-corrected chi connectivity index (χ0v) is 12.5. The Morgan fingerprint density at radius 2 is 1.83 bits per heavy atom. The van der Waals surface area contributed by atoms with Crippen molar-refractivity contribution < 1.29 is 18.7 Å². The molecule has 6 heteroatoms. The number of hydrogen-bond acceptors (Lipinski definition) is 4. The van der Waals surface area contributed by atoms with E-state index in [0.29, 0.717) is 11.5 Å². The second-order valence-electron chi connectivity index (χ2n) is 4.85. The van der Waals surface area contributed by atoms with E-state index < -0.39 is 12.6 Å². The number of aryl methyl sites for hydroxylation is 1. The Hall–Kier alpha value is -2.89. The third kappa shape index (κ3) is 3.01. The van der Waals surface area contributed by atoms with Crippen LogP contribution in [0.25, 0.3) is 10.8 Å². The third-order valence-electron chi connectivity index (χ3n) is 3.43. The van der Waals surface area contributed by atoms with E-state index in [1.54, 1.807) is 25.4 Å². The predicted octanol–water partition coefficient (Wildman–Crippen LogP) is 3.23. The Morgan fingerprint density at radius 3 is 2.52 bits per heavy atom. The lowest BCUT2D eigenvalue weighted by atomic mass is 10.1. The number of nitrogens with zero attached hydrogens (tertiary/aromatic N) is 2. The average molecular weight is 314 g/mol. The lowest BCUT2D eigenvalue weighted by Crippen LogP contribution is -2.11. The number of ether oxygens (including phenoxy) is 2. The first-order valence-corrected chi connectivity index (χ1v) is 7.10. The molecule has 0 saturated carbocycles. The van der Waals surface area contributed by atoms with Gasteiger partial charge in [0.2, 0.25) is 0 Å². The maximum Gasteiger partial charge on any atom is 0.364 e. The van der Waals surface area contributed by atoms with Crippen molar-refractivity contribution in [2.45, 2.75) is 6.54 Å². The van der Waals surface area contributed by atoms with Crippen molar-refractivity contribution in [1.82, 2.24) is 9.78 Å². The zero-order valence-electron chi connectivity index (χ0n) is 12.5. The number of carbonyl (C=O) groups excluding carboxylic acids is 1. The summed E-state index contributed by atoms with van der Waals surface area (Å²) in [6.07, 6.45) is 1.54. The molecule has 0 fully saturated rings. The summed E-state index contributed by atoms with van der Waals surface area (Å²) in [5.74, 6) is 0.539. The minimum Gasteiger partial charge on any atom is -0.496 e. The molecule has 0 radical (unpaired) electrons. The van der Waals surface area contributed by atoms with E-state index >= 15 is 0 Å². The van der Waals surface area contributed by atoms with Crippen molar-refractivity contribution in [1.29, 1.82) is 0 Å². The van der Waals surface area contributed by atoms with Gasteiger partial charge in [0.1, 0.15) is 18.2 Å². The molecule has 0 aliphatic rings. The summed E-state index contributed by atoms with van der Waals surface area (Å²) in [5, 5.41) is 5.60. The number of aromatic nitrogens is 2. The monoisotopic (exact) mass is 314 g/mol. The molecule has 0 aliphatic heterocycles. The molecule has 3 rings (SSSR count). The minimum atomic E-state index is -0.585. The normalized spacial score (nSPS) is 10.7. The molecule has 23 heavy (non-hydrogen) atoms. The molecule has 1 heterocycles. The number of benzene rings is 2. The van der Waals surface area contributed by atoms with Gasteiger partial charge in [-0.1, -0.05) is 24.3 Å². The summed E-state index contributed by atoms with van der Waals surface area (Å²) in [6.45, 7) is -0.433. The molecule has 1 aromatic heterocycles. The number of alkyl halides is 1.